The summed E-state index contributed by atoms with van der Waals surface area (Å²) in [7, 11) is 0. The van der Waals surface area contributed by atoms with E-state index in [1.54, 1.807) is 18.2 Å². The number of rotatable bonds is 0. The molecule has 0 radical (unpaired) electrons. The molecule has 3 heteroatoms. The predicted octanol–water partition coefficient (Wildman–Crippen LogP) is 2.24. The molecule has 0 aliphatic rings. The predicted molar refractivity (Wildman–Crippen MR) is 47.2 cm³/mol. The standard InChI is InChI=1S/C10H7FO2/c1-6-2-3-9-7(4-6)8(11)5-10(12)13-9/h2-5H,1H3. The molecule has 2 rings (SSSR count). The van der Waals surface area contributed by atoms with Crippen molar-refractivity contribution in [2.75, 3.05) is 0 Å². The maximum Gasteiger partial charge on any atom is 0.339 e. The first kappa shape index (κ1) is 7.98. The van der Waals surface area contributed by atoms with Gasteiger partial charge in [0.15, 0.2) is 0 Å². The smallest absolute Gasteiger partial charge is 0.339 e. The molecule has 1 aromatic carbocycles. The minimum atomic E-state index is -0.658. The summed E-state index contributed by atoms with van der Waals surface area (Å²) in [5.74, 6) is -0.532. The summed E-state index contributed by atoms with van der Waals surface area (Å²) in [5.41, 5.74) is 0.560. The molecule has 1 aromatic heterocycles. The van der Waals surface area contributed by atoms with Crippen LogP contribution in [0.1, 0.15) is 5.56 Å². The van der Waals surface area contributed by atoms with E-state index in [2.05, 4.69) is 0 Å². The average Bonchev–Trinajstić information content (AvgIpc) is 2.06. The molecule has 0 bridgehead atoms. The Hall–Kier alpha value is -1.64. The van der Waals surface area contributed by atoms with Gasteiger partial charge in [-0.3, -0.25) is 0 Å². The molecule has 0 fully saturated rings. The van der Waals surface area contributed by atoms with Crippen molar-refractivity contribution in [1.29, 1.82) is 0 Å². The van der Waals surface area contributed by atoms with E-state index in [0.717, 1.165) is 11.6 Å². The molecule has 0 N–H and O–H groups in total. The van der Waals surface area contributed by atoms with Crippen LogP contribution in [-0.4, -0.2) is 0 Å². The van der Waals surface area contributed by atoms with E-state index >= 15 is 0 Å². The van der Waals surface area contributed by atoms with E-state index in [0.29, 0.717) is 5.39 Å². The molecule has 0 saturated heterocycles. The fraction of sp³-hybridized carbons (Fsp3) is 0.100. The number of benzene rings is 1. The van der Waals surface area contributed by atoms with E-state index in [-0.39, 0.29) is 5.58 Å². The summed E-state index contributed by atoms with van der Waals surface area (Å²) in [6.45, 7) is 1.85. The van der Waals surface area contributed by atoms with Gasteiger partial charge in [0.05, 0.1) is 11.5 Å². The summed E-state index contributed by atoms with van der Waals surface area (Å²) < 4.78 is 18.0. The van der Waals surface area contributed by atoms with Gasteiger partial charge < -0.3 is 4.42 Å². The van der Waals surface area contributed by atoms with Crippen LogP contribution in [-0.2, 0) is 0 Å². The number of hydrogen-bond donors (Lipinski definition) is 0. The van der Waals surface area contributed by atoms with Crippen LogP contribution >= 0.6 is 0 Å². The van der Waals surface area contributed by atoms with Gasteiger partial charge in [-0.15, -0.1) is 0 Å². The summed E-state index contributed by atoms with van der Waals surface area (Å²) in [6.07, 6.45) is 0. The molecule has 0 saturated carbocycles. The lowest BCUT2D eigenvalue weighted by Gasteiger charge is -1.98. The van der Waals surface area contributed by atoms with E-state index in [1.807, 2.05) is 6.92 Å². The molecule has 2 nitrogen and oxygen atoms in total. The normalized spacial score (nSPS) is 10.6. The summed E-state index contributed by atoms with van der Waals surface area (Å²) in [4.78, 5) is 10.8. The average molecular weight is 178 g/mol. The zero-order valence-electron chi connectivity index (χ0n) is 7.00. The Morgan fingerprint density at radius 2 is 2.08 bits per heavy atom. The number of fused-ring (bicyclic) bond motifs is 1. The van der Waals surface area contributed by atoms with Crippen LogP contribution in [0, 0.1) is 12.7 Å². The highest BCUT2D eigenvalue weighted by Gasteiger charge is 2.03. The van der Waals surface area contributed by atoms with Crippen LogP contribution < -0.4 is 5.63 Å². The van der Waals surface area contributed by atoms with Gasteiger partial charge in [-0.2, -0.15) is 0 Å². The lowest BCUT2D eigenvalue weighted by molar-refractivity contribution is 0.538. The quantitative estimate of drug-likeness (QED) is 0.579. The van der Waals surface area contributed by atoms with Crippen LogP contribution in [0.3, 0.4) is 0 Å². The lowest BCUT2D eigenvalue weighted by Crippen LogP contribution is -1.98. The van der Waals surface area contributed by atoms with Gasteiger partial charge in [0, 0.05) is 0 Å². The summed E-state index contributed by atoms with van der Waals surface area (Å²) >= 11 is 0. The Kier molecular flexibility index (Phi) is 1.65. The first-order valence-electron chi connectivity index (χ1n) is 3.87. The summed E-state index contributed by atoms with van der Waals surface area (Å²) in [6, 6.07) is 5.86. The monoisotopic (exact) mass is 178 g/mol. The van der Waals surface area contributed by atoms with Gasteiger partial charge in [-0.05, 0) is 19.1 Å². The van der Waals surface area contributed by atoms with Crippen LogP contribution in [0.15, 0.2) is 33.5 Å². The zero-order chi connectivity index (χ0) is 9.42. The summed E-state index contributed by atoms with van der Waals surface area (Å²) in [5, 5.41) is 0.347. The van der Waals surface area contributed by atoms with Crippen molar-refractivity contribution in [2.45, 2.75) is 6.92 Å². The second-order valence-corrected chi connectivity index (χ2v) is 2.91. The zero-order valence-corrected chi connectivity index (χ0v) is 7.00. The molecule has 0 spiro atoms. The van der Waals surface area contributed by atoms with Gasteiger partial charge >= 0.3 is 5.63 Å². The Morgan fingerprint density at radius 1 is 1.31 bits per heavy atom. The Balaban J connectivity index is 2.95. The van der Waals surface area contributed by atoms with Gasteiger partial charge in [0.1, 0.15) is 11.4 Å². The van der Waals surface area contributed by atoms with Crippen molar-refractivity contribution >= 4 is 11.0 Å². The number of hydrogen-bond acceptors (Lipinski definition) is 2. The van der Waals surface area contributed by atoms with Gasteiger partial charge in [-0.25, -0.2) is 9.18 Å². The second-order valence-electron chi connectivity index (χ2n) is 2.91. The molecule has 1 heterocycles. The lowest BCUT2D eigenvalue weighted by atomic mass is 10.1. The molecule has 0 unspecified atom stereocenters. The van der Waals surface area contributed by atoms with Gasteiger partial charge in [-0.1, -0.05) is 11.6 Å². The van der Waals surface area contributed by atoms with Crippen molar-refractivity contribution in [1.82, 2.24) is 0 Å². The van der Waals surface area contributed by atoms with E-state index in [4.69, 9.17) is 4.42 Å². The van der Waals surface area contributed by atoms with E-state index in [9.17, 15) is 9.18 Å². The minimum absolute atomic E-state index is 0.288. The van der Waals surface area contributed by atoms with Crippen molar-refractivity contribution < 1.29 is 8.81 Å². The molecule has 13 heavy (non-hydrogen) atoms. The second kappa shape index (κ2) is 2.69. The molecular weight excluding hydrogens is 171 g/mol. The molecule has 0 aliphatic carbocycles. The third-order valence-corrected chi connectivity index (χ3v) is 1.85. The van der Waals surface area contributed by atoms with Crippen LogP contribution in [0.5, 0.6) is 0 Å². The minimum Gasteiger partial charge on any atom is -0.423 e. The highest BCUT2D eigenvalue weighted by atomic mass is 19.1. The Labute approximate surface area is 73.6 Å². The Bertz CT molecular complexity index is 514. The third-order valence-electron chi connectivity index (χ3n) is 1.85. The maximum absolute atomic E-state index is 13.2. The SMILES string of the molecule is Cc1ccc2oc(=O)cc(F)c2c1. The van der Waals surface area contributed by atoms with E-state index < -0.39 is 11.4 Å². The fourth-order valence-corrected chi connectivity index (χ4v) is 1.24. The van der Waals surface area contributed by atoms with Crippen molar-refractivity contribution in [2.24, 2.45) is 0 Å². The first-order valence-corrected chi connectivity index (χ1v) is 3.87. The van der Waals surface area contributed by atoms with Crippen LogP contribution in [0.4, 0.5) is 4.39 Å². The number of aryl methyl sites for hydroxylation is 1. The van der Waals surface area contributed by atoms with Crippen molar-refractivity contribution in [3.63, 3.8) is 0 Å². The number of halogens is 1. The Morgan fingerprint density at radius 3 is 2.85 bits per heavy atom. The van der Waals surface area contributed by atoms with Crippen molar-refractivity contribution in [3.05, 3.63) is 46.1 Å². The highest BCUT2D eigenvalue weighted by Crippen LogP contribution is 2.16. The van der Waals surface area contributed by atoms with Gasteiger partial charge in [0.25, 0.3) is 0 Å². The topological polar surface area (TPSA) is 30.2 Å². The molecular formula is C10H7FO2. The first-order chi connectivity index (χ1) is 6.16. The fourth-order valence-electron chi connectivity index (χ4n) is 1.24. The van der Waals surface area contributed by atoms with Gasteiger partial charge in [0.2, 0.25) is 0 Å². The molecule has 0 atom stereocenters. The van der Waals surface area contributed by atoms with E-state index in [1.165, 1.54) is 0 Å². The molecule has 0 aliphatic heterocycles. The van der Waals surface area contributed by atoms with Crippen molar-refractivity contribution in [3.8, 4) is 0 Å². The third kappa shape index (κ3) is 1.33. The molecule has 0 amide bonds. The molecule has 66 valence electrons. The maximum atomic E-state index is 13.2. The van der Waals surface area contributed by atoms with Crippen LogP contribution in [0.25, 0.3) is 11.0 Å². The highest BCUT2D eigenvalue weighted by molar-refractivity contribution is 5.77. The molecule has 2 aromatic rings. The van der Waals surface area contributed by atoms with Crippen LogP contribution in [0.2, 0.25) is 0 Å². The largest absolute Gasteiger partial charge is 0.423 e.